The number of rotatable bonds is 0. The van der Waals surface area contributed by atoms with Gasteiger partial charge in [-0.15, -0.1) is 0 Å². The van der Waals surface area contributed by atoms with E-state index in [-0.39, 0.29) is 0 Å². The van der Waals surface area contributed by atoms with E-state index in [0.717, 1.165) is 11.5 Å². The van der Waals surface area contributed by atoms with Crippen molar-refractivity contribution < 1.29 is 9.53 Å². The number of carbonyl (C=O) groups is 1. The van der Waals surface area contributed by atoms with Gasteiger partial charge in [0.1, 0.15) is 6.79 Å². The van der Waals surface area contributed by atoms with Crippen molar-refractivity contribution in [1.29, 1.82) is 0 Å². The topological polar surface area (TPSA) is 29.6 Å². The molecule has 0 saturated carbocycles. The first-order chi connectivity index (χ1) is 5.29. The second-order valence-corrected chi connectivity index (χ2v) is 2.44. The van der Waals surface area contributed by atoms with Gasteiger partial charge in [-0.3, -0.25) is 0 Å². The highest BCUT2D eigenvalue weighted by atomic mass is 16.6. The Labute approximate surface area is 65.8 Å². The summed E-state index contributed by atoms with van der Waals surface area (Å²) in [7, 11) is 0. The summed E-state index contributed by atoms with van der Waals surface area (Å²) in [6, 6.07) is 4.10. The molecule has 0 amide bonds. The summed E-state index contributed by atoms with van der Waals surface area (Å²) in [5.74, 6) is 2.15. The van der Waals surface area contributed by atoms with Crippen LogP contribution in [0.25, 0.3) is 0 Å². The average molecular weight is 150 g/mol. The Hall–Kier alpha value is -1.31. The minimum atomic E-state index is 1.05. The Morgan fingerprint density at radius 1 is 1.27 bits per heavy atom. The molecule has 0 atom stereocenters. The van der Waals surface area contributed by atoms with Crippen LogP contribution < -0.4 is 4.74 Å². The molecule has 1 aliphatic rings. The second-order valence-electron chi connectivity index (χ2n) is 2.44. The van der Waals surface area contributed by atoms with Crippen LogP contribution in [-0.2, 0) is 4.79 Å². The maximum atomic E-state index is 8.00. The molecular formula is C9H10O2. The first-order valence-electron chi connectivity index (χ1n) is 3.36. The summed E-state index contributed by atoms with van der Waals surface area (Å²) in [4.78, 5) is 8.00. The Bertz CT molecular complexity index is 275. The van der Waals surface area contributed by atoms with Crippen molar-refractivity contribution in [2.45, 2.75) is 13.8 Å². The number of hydrogen-bond donors (Lipinski definition) is 0. The lowest BCUT2D eigenvalue weighted by atomic mass is 10.1. The number of benzene rings is 1. The monoisotopic (exact) mass is 150 g/mol. The SMILES string of the molecule is C=O.Cc1ccc2c(c1C)O2. The highest BCUT2D eigenvalue weighted by Crippen LogP contribution is 2.48. The van der Waals surface area contributed by atoms with E-state index < -0.39 is 0 Å². The van der Waals surface area contributed by atoms with Gasteiger partial charge in [0.05, 0.1) is 0 Å². The molecule has 1 aromatic rings. The third-order valence-electron chi connectivity index (χ3n) is 1.81. The third kappa shape index (κ3) is 1.24. The fraction of sp³-hybridized carbons (Fsp3) is 0.222. The molecular weight excluding hydrogens is 140 g/mol. The molecule has 11 heavy (non-hydrogen) atoms. The Morgan fingerprint density at radius 3 is 2.45 bits per heavy atom. The van der Waals surface area contributed by atoms with Crippen molar-refractivity contribution in [3.8, 4) is 11.5 Å². The van der Waals surface area contributed by atoms with Gasteiger partial charge in [-0.25, -0.2) is 0 Å². The van der Waals surface area contributed by atoms with Crippen molar-refractivity contribution in [3.63, 3.8) is 0 Å². The molecule has 0 aliphatic carbocycles. The minimum absolute atomic E-state index is 1.05. The molecule has 1 aromatic carbocycles. The molecule has 58 valence electrons. The Morgan fingerprint density at radius 2 is 1.91 bits per heavy atom. The highest BCUT2D eigenvalue weighted by Gasteiger charge is 2.22. The van der Waals surface area contributed by atoms with Gasteiger partial charge < -0.3 is 9.53 Å². The van der Waals surface area contributed by atoms with Gasteiger partial charge >= 0.3 is 0 Å². The molecule has 1 heterocycles. The van der Waals surface area contributed by atoms with Gasteiger partial charge in [0, 0.05) is 0 Å². The number of ether oxygens (including phenoxy) is 1. The van der Waals surface area contributed by atoms with Crippen LogP contribution >= 0.6 is 0 Å². The third-order valence-corrected chi connectivity index (χ3v) is 1.81. The molecule has 0 aromatic heterocycles. The van der Waals surface area contributed by atoms with E-state index in [2.05, 4.69) is 19.9 Å². The van der Waals surface area contributed by atoms with Crippen molar-refractivity contribution in [3.05, 3.63) is 23.3 Å². The van der Waals surface area contributed by atoms with Crippen LogP contribution in [0.5, 0.6) is 11.5 Å². The van der Waals surface area contributed by atoms with E-state index in [9.17, 15) is 0 Å². The maximum Gasteiger partial charge on any atom is 0.173 e. The van der Waals surface area contributed by atoms with E-state index in [1.807, 2.05) is 12.9 Å². The first kappa shape index (κ1) is 7.79. The fourth-order valence-electron chi connectivity index (χ4n) is 0.960. The lowest BCUT2D eigenvalue weighted by molar-refractivity contribution is -0.0979. The zero-order valence-corrected chi connectivity index (χ0v) is 6.68. The number of carbonyl (C=O) groups excluding carboxylic acids is 1. The van der Waals surface area contributed by atoms with Crippen molar-refractivity contribution in [1.82, 2.24) is 0 Å². The minimum Gasteiger partial charge on any atom is -0.449 e. The predicted molar refractivity (Wildman–Crippen MR) is 43.1 cm³/mol. The van der Waals surface area contributed by atoms with Crippen LogP contribution in [0.1, 0.15) is 11.1 Å². The lowest BCUT2D eigenvalue weighted by Crippen LogP contribution is -1.71. The van der Waals surface area contributed by atoms with Gasteiger partial charge in [0.25, 0.3) is 0 Å². The summed E-state index contributed by atoms with van der Waals surface area (Å²) >= 11 is 0. The van der Waals surface area contributed by atoms with Gasteiger partial charge in [0.2, 0.25) is 0 Å². The van der Waals surface area contributed by atoms with Crippen LogP contribution in [0.15, 0.2) is 12.1 Å². The molecule has 0 spiro atoms. The van der Waals surface area contributed by atoms with Gasteiger partial charge in [-0.2, -0.15) is 0 Å². The molecule has 0 unspecified atom stereocenters. The van der Waals surface area contributed by atoms with E-state index in [1.165, 1.54) is 11.1 Å². The Kier molecular flexibility index (Phi) is 1.94. The maximum absolute atomic E-state index is 8.00. The van der Waals surface area contributed by atoms with Crippen molar-refractivity contribution >= 4 is 6.79 Å². The normalized spacial score (nSPS) is 10.4. The van der Waals surface area contributed by atoms with E-state index in [1.54, 1.807) is 0 Å². The zero-order chi connectivity index (χ0) is 8.43. The van der Waals surface area contributed by atoms with Crippen LogP contribution in [-0.4, -0.2) is 6.79 Å². The molecule has 0 saturated heterocycles. The smallest absolute Gasteiger partial charge is 0.173 e. The standard InChI is InChI=1S/C8H8O.CH2O/c1-5-3-4-7-8(9-7)6(5)2;1-2/h3-4H,1-2H3;1H2. The number of fused-ring (bicyclic) bond motifs is 1. The fourth-order valence-corrected chi connectivity index (χ4v) is 0.960. The zero-order valence-electron chi connectivity index (χ0n) is 6.68. The average Bonchev–Trinajstić information content (AvgIpc) is 2.81. The van der Waals surface area contributed by atoms with E-state index in [4.69, 9.17) is 9.53 Å². The van der Waals surface area contributed by atoms with Gasteiger partial charge in [-0.1, -0.05) is 6.07 Å². The molecule has 2 rings (SSSR count). The van der Waals surface area contributed by atoms with Crippen LogP contribution in [0.4, 0.5) is 0 Å². The molecule has 0 fully saturated rings. The summed E-state index contributed by atoms with van der Waals surface area (Å²) in [5, 5.41) is 0. The first-order valence-corrected chi connectivity index (χ1v) is 3.36. The summed E-state index contributed by atoms with van der Waals surface area (Å²) in [6.07, 6.45) is 0. The largest absolute Gasteiger partial charge is 0.449 e. The number of aryl methyl sites for hydroxylation is 1. The van der Waals surface area contributed by atoms with Crippen molar-refractivity contribution in [2.24, 2.45) is 0 Å². The quantitative estimate of drug-likeness (QED) is 0.539. The molecule has 1 aliphatic heterocycles. The van der Waals surface area contributed by atoms with Crippen LogP contribution in [0, 0.1) is 13.8 Å². The second kappa shape index (κ2) is 2.74. The summed E-state index contributed by atoms with van der Waals surface area (Å²) in [6.45, 7) is 6.18. The summed E-state index contributed by atoms with van der Waals surface area (Å²) < 4.78 is 5.15. The van der Waals surface area contributed by atoms with E-state index >= 15 is 0 Å². The Balaban J connectivity index is 0.000000281. The predicted octanol–water partition coefficient (Wildman–Crippen LogP) is 2.22. The van der Waals surface area contributed by atoms with Crippen LogP contribution in [0.2, 0.25) is 0 Å². The lowest BCUT2D eigenvalue weighted by Gasteiger charge is -1.89. The molecule has 2 nitrogen and oxygen atoms in total. The highest BCUT2D eigenvalue weighted by molar-refractivity contribution is 5.60. The van der Waals surface area contributed by atoms with Gasteiger partial charge in [0.15, 0.2) is 11.5 Å². The molecule has 0 bridgehead atoms. The van der Waals surface area contributed by atoms with Crippen LogP contribution in [0.3, 0.4) is 0 Å². The molecule has 0 radical (unpaired) electrons. The van der Waals surface area contributed by atoms with Crippen molar-refractivity contribution in [2.75, 3.05) is 0 Å². The molecule has 2 heteroatoms. The summed E-state index contributed by atoms with van der Waals surface area (Å²) in [5.41, 5.74) is 2.60. The molecule has 0 N–H and O–H groups in total. The number of hydrogen-bond acceptors (Lipinski definition) is 2. The van der Waals surface area contributed by atoms with Gasteiger partial charge in [-0.05, 0) is 31.0 Å². The van der Waals surface area contributed by atoms with E-state index in [0.29, 0.717) is 0 Å².